The summed E-state index contributed by atoms with van der Waals surface area (Å²) in [5, 5.41) is 2.84. The van der Waals surface area contributed by atoms with E-state index < -0.39 is 5.54 Å². The number of benzene rings is 1. The first-order valence-electron chi connectivity index (χ1n) is 6.79. The maximum atomic E-state index is 11.9. The average molecular weight is 273 g/mol. The number of carbonyl (C=O) groups excluding carboxylic acids is 1. The zero-order valence-corrected chi connectivity index (χ0v) is 12.0. The summed E-state index contributed by atoms with van der Waals surface area (Å²) in [6.07, 6.45) is 1.50. The molecule has 1 aliphatic carbocycles. The van der Waals surface area contributed by atoms with E-state index in [1.165, 1.54) is 0 Å². The number of anilines is 1. The highest BCUT2D eigenvalue weighted by atomic mass is 16.3. The molecule has 0 unspecified atom stereocenters. The van der Waals surface area contributed by atoms with Crippen LogP contribution in [0.5, 0.6) is 0 Å². The number of amides is 1. The largest absolute Gasteiger partial charge is 0.440 e. The van der Waals surface area contributed by atoms with Gasteiger partial charge in [-0.2, -0.15) is 0 Å². The van der Waals surface area contributed by atoms with E-state index in [1.54, 1.807) is 0 Å². The van der Waals surface area contributed by atoms with Crippen LogP contribution in [0.25, 0.3) is 11.1 Å². The van der Waals surface area contributed by atoms with Gasteiger partial charge in [0.25, 0.3) is 0 Å². The van der Waals surface area contributed by atoms with E-state index in [-0.39, 0.29) is 11.3 Å². The van der Waals surface area contributed by atoms with Crippen molar-refractivity contribution in [1.29, 1.82) is 0 Å². The van der Waals surface area contributed by atoms with Crippen molar-refractivity contribution in [2.45, 2.75) is 44.6 Å². The monoisotopic (exact) mass is 273 g/mol. The SMILES string of the molecule is CC(C)(C)c1nc2cc(NC(=O)C3(N)CC3)ccc2o1. The van der Waals surface area contributed by atoms with Gasteiger partial charge >= 0.3 is 0 Å². The number of fused-ring (bicyclic) bond motifs is 1. The van der Waals surface area contributed by atoms with Gasteiger partial charge in [-0.1, -0.05) is 20.8 Å². The van der Waals surface area contributed by atoms with Crippen molar-refractivity contribution < 1.29 is 9.21 Å². The molecule has 106 valence electrons. The predicted octanol–water partition coefficient (Wildman–Crippen LogP) is 2.56. The molecular formula is C15H19N3O2. The van der Waals surface area contributed by atoms with Crippen LogP contribution < -0.4 is 11.1 Å². The van der Waals surface area contributed by atoms with E-state index in [4.69, 9.17) is 10.2 Å². The Hall–Kier alpha value is -1.88. The van der Waals surface area contributed by atoms with Crippen molar-refractivity contribution in [2.24, 2.45) is 5.73 Å². The highest BCUT2D eigenvalue weighted by Gasteiger charge is 2.45. The summed E-state index contributed by atoms with van der Waals surface area (Å²) in [6.45, 7) is 6.14. The van der Waals surface area contributed by atoms with E-state index in [1.807, 2.05) is 39.0 Å². The first-order chi connectivity index (χ1) is 9.28. The third-order valence-electron chi connectivity index (χ3n) is 3.53. The lowest BCUT2D eigenvalue weighted by atomic mass is 9.97. The van der Waals surface area contributed by atoms with Gasteiger partial charge in [-0.3, -0.25) is 4.79 Å². The Morgan fingerprint density at radius 3 is 2.70 bits per heavy atom. The molecule has 5 heteroatoms. The van der Waals surface area contributed by atoms with Crippen LogP contribution >= 0.6 is 0 Å². The van der Waals surface area contributed by atoms with Crippen LogP contribution in [-0.4, -0.2) is 16.4 Å². The highest BCUT2D eigenvalue weighted by molar-refractivity contribution is 6.00. The average Bonchev–Trinajstić information content (AvgIpc) is 2.96. The number of hydrogen-bond acceptors (Lipinski definition) is 4. The second-order valence-electron chi connectivity index (χ2n) is 6.56. The molecule has 0 bridgehead atoms. The second kappa shape index (κ2) is 4.06. The van der Waals surface area contributed by atoms with Crippen molar-refractivity contribution in [2.75, 3.05) is 5.32 Å². The maximum Gasteiger partial charge on any atom is 0.244 e. The Morgan fingerprint density at radius 2 is 2.10 bits per heavy atom. The standard InChI is InChI=1S/C15H19N3O2/c1-14(2,3)13-18-10-8-9(4-5-11(10)20-13)17-12(19)15(16)6-7-15/h4-5,8H,6-7,16H2,1-3H3,(H,17,19). The number of nitrogens with one attached hydrogen (secondary N) is 1. The minimum Gasteiger partial charge on any atom is -0.440 e. The number of carbonyl (C=O) groups is 1. The van der Waals surface area contributed by atoms with E-state index >= 15 is 0 Å². The molecule has 1 fully saturated rings. The third-order valence-corrected chi connectivity index (χ3v) is 3.53. The summed E-state index contributed by atoms with van der Waals surface area (Å²) in [7, 11) is 0. The van der Waals surface area contributed by atoms with Crippen LogP contribution in [0.15, 0.2) is 22.6 Å². The Balaban J connectivity index is 1.88. The number of oxazole rings is 1. The number of aromatic nitrogens is 1. The number of hydrogen-bond donors (Lipinski definition) is 2. The molecule has 1 saturated carbocycles. The highest BCUT2D eigenvalue weighted by Crippen LogP contribution is 2.34. The van der Waals surface area contributed by atoms with Gasteiger partial charge < -0.3 is 15.5 Å². The molecule has 3 rings (SSSR count). The quantitative estimate of drug-likeness (QED) is 0.881. The van der Waals surface area contributed by atoms with Gasteiger partial charge in [0.2, 0.25) is 11.8 Å². The fourth-order valence-corrected chi connectivity index (χ4v) is 1.94. The van der Waals surface area contributed by atoms with Gasteiger partial charge in [-0.05, 0) is 31.0 Å². The third kappa shape index (κ3) is 2.29. The molecule has 1 aromatic heterocycles. The smallest absolute Gasteiger partial charge is 0.244 e. The Bertz CT molecular complexity index is 678. The lowest BCUT2D eigenvalue weighted by molar-refractivity contribution is -0.118. The van der Waals surface area contributed by atoms with Gasteiger partial charge in [0.05, 0.1) is 5.54 Å². The molecule has 20 heavy (non-hydrogen) atoms. The lowest BCUT2D eigenvalue weighted by Crippen LogP contribution is -2.37. The zero-order chi connectivity index (χ0) is 14.5. The van der Waals surface area contributed by atoms with Crippen LogP contribution in [0.3, 0.4) is 0 Å². The summed E-state index contributed by atoms with van der Waals surface area (Å²) in [5.74, 6) is 0.560. The molecule has 1 amide bonds. The minimum atomic E-state index is -0.671. The number of rotatable bonds is 2. The molecular weight excluding hydrogens is 254 g/mol. The molecule has 3 N–H and O–H groups in total. The van der Waals surface area contributed by atoms with Gasteiger partial charge in [0.1, 0.15) is 5.52 Å². The van der Waals surface area contributed by atoms with Gasteiger partial charge in [-0.25, -0.2) is 4.98 Å². The maximum absolute atomic E-state index is 11.9. The van der Waals surface area contributed by atoms with Crippen LogP contribution in [-0.2, 0) is 10.2 Å². The number of nitrogens with zero attached hydrogens (tertiary/aromatic N) is 1. The molecule has 0 spiro atoms. The topological polar surface area (TPSA) is 81.2 Å². The van der Waals surface area contributed by atoms with Crippen molar-refractivity contribution in [1.82, 2.24) is 4.98 Å². The van der Waals surface area contributed by atoms with Crippen molar-refractivity contribution in [3.8, 4) is 0 Å². The molecule has 1 aromatic carbocycles. The van der Waals surface area contributed by atoms with Gasteiger partial charge in [-0.15, -0.1) is 0 Å². The van der Waals surface area contributed by atoms with Crippen LogP contribution in [0.1, 0.15) is 39.5 Å². The van der Waals surface area contributed by atoms with Crippen molar-refractivity contribution in [3.63, 3.8) is 0 Å². The van der Waals surface area contributed by atoms with Gasteiger partial charge in [0, 0.05) is 11.1 Å². The summed E-state index contributed by atoms with van der Waals surface area (Å²) < 4.78 is 5.72. The van der Waals surface area contributed by atoms with Crippen molar-refractivity contribution in [3.05, 3.63) is 24.1 Å². The molecule has 5 nitrogen and oxygen atoms in total. The summed E-state index contributed by atoms with van der Waals surface area (Å²) in [4.78, 5) is 16.4. The lowest BCUT2D eigenvalue weighted by Gasteiger charge is -2.11. The first-order valence-corrected chi connectivity index (χ1v) is 6.79. The van der Waals surface area contributed by atoms with Crippen molar-refractivity contribution >= 4 is 22.7 Å². The fraction of sp³-hybridized carbons (Fsp3) is 0.467. The molecule has 0 aliphatic heterocycles. The number of nitrogens with two attached hydrogens (primary N) is 1. The normalized spacial score (nSPS) is 17.2. The molecule has 1 heterocycles. The second-order valence-corrected chi connectivity index (χ2v) is 6.56. The summed E-state index contributed by atoms with van der Waals surface area (Å²) >= 11 is 0. The summed E-state index contributed by atoms with van der Waals surface area (Å²) in [6, 6.07) is 5.45. The molecule has 0 saturated heterocycles. The fourth-order valence-electron chi connectivity index (χ4n) is 1.94. The van der Waals surface area contributed by atoms with Crippen LogP contribution in [0.4, 0.5) is 5.69 Å². The summed E-state index contributed by atoms with van der Waals surface area (Å²) in [5.41, 5.74) is 7.22. The Kier molecular flexibility index (Phi) is 2.66. The van der Waals surface area contributed by atoms with E-state index in [2.05, 4.69) is 10.3 Å². The van der Waals surface area contributed by atoms with E-state index in [0.29, 0.717) is 11.6 Å². The van der Waals surface area contributed by atoms with Gasteiger partial charge in [0.15, 0.2) is 5.58 Å². The molecule has 1 aliphatic rings. The first kappa shape index (κ1) is 13.1. The van der Waals surface area contributed by atoms with Crippen LogP contribution in [0.2, 0.25) is 0 Å². The minimum absolute atomic E-state index is 0.128. The predicted molar refractivity (Wildman–Crippen MR) is 77.5 cm³/mol. The molecule has 0 radical (unpaired) electrons. The van der Waals surface area contributed by atoms with E-state index in [9.17, 15) is 4.79 Å². The molecule has 2 aromatic rings. The molecule has 0 atom stereocenters. The zero-order valence-electron chi connectivity index (χ0n) is 12.0. The Morgan fingerprint density at radius 1 is 1.40 bits per heavy atom. The van der Waals surface area contributed by atoms with Crippen LogP contribution in [0, 0.1) is 0 Å². The van der Waals surface area contributed by atoms with E-state index in [0.717, 1.165) is 23.9 Å². The Labute approximate surface area is 117 Å².